The molecule has 0 saturated carbocycles. The maximum absolute atomic E-state index is 12.8. The van der Waals surface area contributed by atoms with Crippen LogP contribution in [0, 0.1) is 0 Å². The van der Waals surface area contributed by atoms with Gasteiger partial charge in [-0.3, -0.25) is 9.59 Å². The zero-order chi connectivity index (χ0) is 20.5. The van der Waals surface area contributed by atoms with Gasteiger partial charge in [0.1, 0.15) is 11.8 Å². The molecule has 1 aliphatic heterocycles. The van der Waals surface area contributed by atoms with Crippen LogP contribution in [0.4, 0.5) is 0 Å². The van der Waals surface area contributed by atoms with Crippen molar-refractivity contribution in [3.05, 3.63) is 29.8 Å². The molecule has 1 heterocycles. The van der Waals surface area contributed by atoms with E-state index in [1.165, 1.54) is 0 Å². The van der Waals surface area contributed by atoms with Crippen molar-refractivity contribution in [3.63, 3.8) is 0 Å². The van der Waals surface area contributed by atoms with Crippen LogP contribution in [0.15, 0.2) is 24.3 Å². The molecule has 0 aliphatic carbocycles. The van der Waals surface area contributed by atoms with Crippen molar-refractivity contribution in [1.29, 1.82) is 0 Å². The molecule has 28 heavy (non-hydrogen) atoms. The average molecular weight is 408 g/mol. The highest BCUT2D eigenvalue weighted by Gasteiger charge is 2.35. The molecule has 0 aromatic heterocycles. The van der Waals surface area contributed by atoms with E-state index < -0.39 is 6.04 Å². The second-order valence-corrected chi connectivity index (χ2v) is 8.10. The quantitative estimate of drug-likeness (QED) is 0.646. The third-order valence-corrected chi connectivity index (χ3v) is 6.19. The summed E-state index contributed by atoms with van der Waals surface area (Å²) in [4.78, 5) is 29.7. The number of ether oxygens (including phenoxy) is 1. The molecule has 0 spiro atoms. The van der Waals surface area contributed by atoms with E-state index in [0.717, 1.165) is 32.5 Å². The first-order valence-electron chi connectivity index (χ1n) is 10.1. The van der Waals surface area contributed by atoms with E-state index >= 15 is 0 Å². The SMILES string of the molecule is CCN(CC)CCCC(C)NC(=O)C1CSCN1C(=O)c1ccc(OC)cc1. The highest BCUT2D eigenvalue weighted by atomic mass is 32.2. The lowest BCUT2D eigenvalue weighted by atomic mass is 10.1. The summed E-state index contributed by atoms with van der Waals surface area (Å²) >= 11 is 1.62. The highest BCUT2D eigenvalue weighted by molar-refractivity contribution is 7.99. The van der Waals surface area contributed by atoms with Gasteiger partial charge in [-0.05, 0) is 63.7 Å². The van der Waals surface area contributed by atoms with Crippen molar-refractivity contribution in [2.45, 2.75) is 45.7 Å². The largest absolute Gasteiger partial charge is 0.497 e. The molecule has 2 atom stereocenters. The molecular formula is C21H33N3O3S. The second-order valence-electron chi connectivity index (χ2n) is 7.10. The average Bonchev–Trinajstić information content (AvgIpc) is 3.20. The molecule has 1 fully saturated rings. The van der Waals surface area contributed by atoms with Gasteiger partial charge in [0, 0.05) is 17.4 Å². The maximum Gasteiger partial charge on any atom is 0.255 e. The number of hydrogen-bond donors (Lipinski definition) is 1. The van der Waals surface area contributed by atoms with Crippen LogP contribution in [-0.4, -0.2) is 72.1 Å². The van der Waals surface area contributed by atoms with E-state index in [-0.39, 0.29) is 17.9 Å². The van der Waals surface area contributed by atoms with Gasteiger partial charge in [0.25, 0.3) is 5.91 Å². The van der Waals surface area contributed by atoms with Crippen LogP contribution in [0.2, 0.25) is 0 Å². The van der Waals surface area contributed by atoms with Crippen LogP contribution in [-0.2, 0) is 4.79 Å². The fourth-order valence-corrected chi connectivity index (χ4v) is 4.49. The van der Waals surface area contributed by atoms with E-state index in [0.29, 0.717) is 22.9 Å². The predicted octanol–water partition coefficient (Wildman–Crippen LogP) is 2.84. The van der Waals surface area contributed by atoms with Crippen LogP contribution < -0.4 is 10.1 Å². The first kappa shape index (κ1) is 22.6. The Hall–Kier alpha value is -1.73. The first-order chi connectivity index (χ1) is 13.5. The summed E-state index contributed by atoms with van der Waals surface area (Å²) in [7, 11) is 1.59. The smallest absolute Gasteiger partial charge is 0.255 e. The van der Waals surface area contributed by atoms with Crippen molar-refractivity contribution >= 4 is 23.6 Å². The number of rotatable bonds is 10. The Morgan fingerprint density at radius 2 is 1.96 bits per heavy atom. The van der Waals surface area contributed by atoms with E-state index in [4.69, 9.17) is 4.74 Å². The lowest BCUT2D eigenvalue weighted by Crippen LogP contribution is -2.49. The topological polar surface area (TPSA) is 61.9 Å². The Morgan fingerprint density at radius 1 is 1.29 bits per heavy atom. The number of thioether (sulfide) groups is 1. The molecule has 1 N–H and O–H groups in total. The number of carbonyl (C=O) groups excluding carboxylic acids is 2. The van der Waals surface area contributed by atoms with Crippen molar-refractivity contribution in [1.82, 2.24) is 15.1 Å². The van der Waals surface area contributed by atoms with Gasteiger partial charge in [0.2, 0.25) is 5.91 Å². The van der Waals surface area contributed by atoms with Gasteiger partial charge in [0.05, 0.1) is 13.0 Å². The minimum absolute atomic E-state index is 0.0535. The Kier molecular flexibility index (Phi) is 9.12. The third-order valence-electron chi connectivity index (χ3n) is 5.18. The monoisotopic (exact) mass is 407 g/mol. The zero-order valence-corrected chi connectivity index (χ0v) is 18.3. The van der Waals surface area contributed by atoms with E-state index in [1.807, 2.05) is 6.92 Å². The molecule has 7 heteroatoms. The molecule has 0 radical (unpaired) electrons. The fourth-order valence-electron chi connectivity index (χ4n) is 3.33. The molecule has 0 bridgehead atoms. The molecule has 1 aromatic rings. The molecule has 2 amide bonds. The molecule has 156 valence electrons. The van der Waals surface area contributed by atoms with Crippen molar-refractivity contribution < 1.29 is 14.3 Å². The maximum atomic E-state index is 12.8. The van der Waals surface area contributed by atoms with E-state index in [9.17, 15) is 9.59 Å². The van der Waals surface area contributed by atoms with Gasteiger partial charge in [-0.25, -0.2) is 0 Å². The number of methoxy groups -OCH3 is 1. The second kappa shape index (κ2) is 11.3. The molecular weight excluding hydrogens is 374 g/mol. The van der Waals surface area contributed by atoms with Gasteiger partial charge < -0.3 is 19.9 Å². The van der Waals surface area contributed by atoms with Gasteiger partial charge in [0.15, 0.2) is 0 Å². The standard InChI is InChI=1S/C21H33N3O3S/c1-5-23(6-2)13-7-8-16(3)22-20(25)19-14-28-15-24(19)21(26)17-9-11-18(27-4)12-10-17/h9-12,16,19H,5-8,13-15H2,1-4H3,(H,22,25). The fraction of sp³-hybridized carbons (Fsp3) is 0.619. The Labute approximate surface area is 173 Å². The molecule has 1 aromatic carbocycles. The molecule has 1 saturated heterocycles. The number of carbonyl (C=O) groups is 2. The zero-order valence-electron chi connectivity index (χ0n) is 17.4. The van der Waals surface area contributed by atoms with E-state index in [1.54, 1.807) is 48.0 Å². The van der Waals surface area contributed by atoms with Gasteiger partial charge >= 0.3 is 0 Å². The summed E-state index contributed by atoms with van der Waals surface area (Å²) in [5, 5.41) is 3.10. The van der Waals surface area contributed by atoms with Crippen LogP contribution in [0.3, 0.4) is 0 Å². The van der Waals surface area contributed by atoms with Crippen LogP contribution in [0.1, 0.15) is 44.0 Å². The summed E-state index contributed by atoms with van der Waals surface area (Å²) in [5.74, 6) is 1.73. The number of nitrogens with zero attached hydrogens (tertiary/aromatic N) is 2. The first-order valence-corrected chi connectivity index (χ1v) is 11.2. The van der Waals surface area contributed by atoms with Gasteiger partial charge in [-0.1, -0.05) is 13.8 Å². The molecule has 2 unspecified atom stereocenters. The van der Waals surface area contributed by atoms with E-state index in [2.05, 4.69) is 24.1 Å². The number of benzene rings is 1. The summed E-state index contributed by atoms with van der Waals surface area (Å²) < 4.78 is 5.14. The third kappa shape index (κ3) is 6.14. The predicted molar refractivity (Wildman–Crippen MR) is 115 cm³/mol. The Balaban J connectivity index is 1.88. The van der Waals surface area contributed by atoms with Gasteiger partial charge in [-0.2, -0.15) is 0 Å². The normalized spacial score (nSPS) is 17.6. The number of hydrogen-bond acceptors (Lipinski definition) is 5. The summed E-state index contributed by atoms with van der Waals surface area (Å²) in [5.41, 5.74) is 0.577. The molecule has 6 nitrogen and oxygen atoms in total. The van der Waals surface area contributed by atoms with Crippen LogP contribution >= 0.6 is 11.8 Å². The van der Waals surface area contributed by atoms with Crippen LogP contribution in [0.25, 0.3) is 0 Å². The van der Waals surface area contributed by atoms with Crippen molar-refractivity contribution in [2.75, 3.05) is 38.4 Å². The van der Waals surface area contributed by atoms with Crippen molar-refractivity contribution in [2.24, 2.45) is 0 Å². The lowest BCUT2D eigenvalue weighted by Gasteiger charge is -2.25. The number of nitrogens with one attached hydrogen (secondary N) is 1. The minimum Gasteiger partial charge on any atom is -0.497 e. The Bertz CT molecular complexity index is 634. The minimum atomic E-state index is -0.412. The molecule has 2 rings (SSSR count). The highest BCUT2D eigenvalue weighted by Crippen LogP contribution is 2.24. The summed E-state index contributed by atoms with van der Waals surface area (Å²) in [6.45, 7) is 9.53. The molecule has 1 aliphatic rings. The van der Waals surface area contributed by atoms with Crippen LogP contribution in [0.5, 0.6) is 5.75 Å². The van der Waals surface area contributed by atoms with Crippen molar-refractivity contribution in [3.8, 4) is 5.75 Å². The Morgan fingerprint density at radius 3 is 2.57 bits per heavy atom. The number of amides is 2. The van der Waals surface area contributed by atoms with Gasteiger partial charge in [-0.15, -0.1) is 11.8 Å². The summed E-state index contributed by atoms with van der Waals surface area (Å²) in [6.07, 6.45) is 1.99. The lowest BCUT2D eigenvalue weighted by molar-refractivity contribution is -0.125. The summed E-state index contributed by atoms with van der Waals surface area (Å²) in [6, 6.07) is 6.72.